The molecule has 0 aliphatic heterocycles. The van der Waals surface area contributed by atoms with E-state index in [2.05, 4.69) is 16.0 Å². The van der Waals surface area contributed by atoms with Gasteiger partial charge in [0, 0.05) is 30.0 Å². The molecule has 200 valence electrons. The summed E-state index contributed by atoms with van der Waals surface area (Å²) in [6.45, 7) is 4.27. The lowest BCUT2D eigenvalue weighted by Crippen LogP contribution is -2.48. The Bertz CT molecular complexity index is 1460. The number of hydrogen-bond donors (Lipinski definition) is 3. The highest BCUT2D eigenvalue weighted by molar-refractivity contribution is 5.96. The molecule has 0 spiro atoms. The molecular weight excluding hydrogens is 482 g/mol. The number of fused-ring (bicyclic) bond motifs is 1. The number of nitrogens with zero attached hydrogens (tertiary/aromatic N) is 2. The van der Waals surface area contributed by atoms with Gasteiger partial charge in [-0.2, -0.15) is 0 Å². The van der Waals surface area contributed by atoms with Crippen LogP contribution in [-0.2, 0) is 11.3 Å². The molecule has 3 aromatic rings. The SMILES string of the molecule is CC(C)n1c(=O)n(CC2CC2)c(=O)c2cc(NC(=O)C3CCCCC3NC(=O)Nc3ccccc3)ccc21. The number of hydrogen-bond acceptors (Lipinski definition) is 4. The number of rotatable bonds is 7. The molecular formula is C29H35N5O4. The summed E-state index contributed by atoms with van der Waals surface area (Å²) in [6, 6.07) is 13.6. The molecule has 2 unspecified atom stereocenters. The van der Waals surface area contributed by atoms with E-state index in [4.69, 9.17) is 0 Å². The van der Waals surface area contributed by atoms with Crippen molar-refractivity contribution >= 4 is 34.2 Å². The van der Waals surface area contributed by atoms with E-state index in [9.17, 15) is 19.2 Å². The number of aromatic nitrogens is 2. The molecule has 0 radical (unpaired) electrons. The van der Waals surface area contributed by atoms with Gasteiger partial charge in [-0.05, 0) is 75.8 Å². The van der Waals surface area contributed by atoms with Gasteiger partial charge >= 0.3 is 11.7 Å². The Morgan fingerprint density at radius 2 is 1.66 bits per heavy atom. The summed E-state index contributed by atoms with van der Waals surface area (Å²) in [5.41, 5.74) is 1.15. The summed E-state index contributed by atoms with van der Waals surface area (Å²) in [5, 5.41) is 9.19. The van der Waals surface area contributed by atoms with Crippen molar-refractivity contribution in [2.24, 2.45) is 11.8 Å². The van der Waals surface area contributed by atoms with Crippen LogP contribution < -0.4 is 27.2 Å². The minimum Gasteiger partial charge on any atom is -0.334 e. The minimum absolute atomic E-state index is 0.118. The van der Waals surface area contributed by atoms with Gasteiger partial charge < -0.3 is 16.0 Å². The summed E-state index contributed by atoms with van der Waals surface area (Å²) >= 11 is 0. The van der Waals surface area contributed by atoms with Crippen LogP contribution >= 0.6 is 0 Å². The maximum Gasteiger partial charge on any atom is 0.331 e. The molecule has 2 fully saturated rings. The zero-order valence-electron chi connectivity index (χ0n) is 21.9. The van der Waals surface area contributed by atoms with E-state index in [1.807, 2.05) is 44.2 Å². The van der Waals surface area contributed by atoms with Crippen LogP contribution in [0.4, 0.5) is 16.2 Å². The zero-order chi connectivity index (χ0) is 26.8. The molecule has 2 aromatic carbocycles. The Morgan fingerprint density at radius 1 is 0.921 bits per heavy atom. The van der Waals surface area contributed by atoms with Gasteiger partial charge in [-0.1, -0.05) is 31.0 Å². The third-order valence-electron chi connectivity index (χ3n) is 7.54. The number of nitrogens with one attached hydrogen (secondary N) is 3. The summed E-state index contributed by atoms with van der Waals surface area (Å²) in [4.78, 5) is 52.4. The molecule has 3 amide bonds. The number of urea groups is 1. The maximum absolute atomic E-state index is 13.4. The lowest BCUT2D eigenvalue weighted by Gasteiger charge is -2.31. The van der Waals surface area contributed by atoms with Crippen LogP contribution in [0, 0.1) is 11.8 Å². The lowest BCUT2D eigenvalue weighted by molar-refractivity contribution is -0.121. The predicted molar refractivity (Wildman–Crippen MR) is 149 cm³/mol. The number of amides is 3. The summed E-state index contributed by atoms with van der Waals surface area (Å²) in [5.74, 6) is -0.210. The highest BCUT2D eigenvalue weighted by atomic mass is 16.2. The first-order valence-corrected chi connectivity index (χ1v) is 13.5. The predicted octanol–water partition coefficient (Wildman–Crippen LogP) is 4.47. The highest BCUT2D eigenvalue weighted by Gasteiger charge is 2.32. The second kappa shape index (κ2) is 10.8. The molecule has 9 heteroatoms. The van der Waals surface area contributed by atoms with Crippen LogP contribution in [0.2, 0.25) is 0 Å². The van der Waals surface area contributed by atoms with E-state index in [1.165, 1.54) is 4.57 Å². The number of anilines is 2. The van der Waals surface area contributed by atoms with Crippen LogP contribution in [0.1, 0.15) is 58.4 Å². The van der Waals surface area contributed by atoms with Gasteiger partial charge in [-0.15, -0.1) is 0 Å². The van der Waals surface area contributed by atoms with Crippen LogP contribution in [0.5, 0.6) is 0 Å². The molecule has 1 aromatic heterocycles. The molecule has 3 N–H and O–H groups in total. The number of carbonyl (C=O) groups excluding carboxylic acids is 2. The van der Waals surface area contributed by atoms with E-state index in [-0.39, 0.29) is 35.3 Å². The van der Waals surface area contributed by atoms with Gasteiger partial charge in [0.15, 0.2) is 0 Å². The fourth-order valence-electron chi connectivity index (χ4n) is 5.39. The Balaban J connectivity index is 1.37. The monoisotopic (exact) mass is 517 g/mol. The van der Waals surface area contributed by atoms with Crippen LogP contribution in [-0.4, -0.2) is 27.1 Å². The van der Waals surface area contributed by atoms with Crippen molar-refractivity contribution in [2.45, 2.75) is 71.0 Å². The van der Waals surface area contributed by atoms with Crippen molar-refractivity contribution in [2.75, 3.05) is 10.6 Å². The first kappa shape index (κ1) is 25.8. The van der Waals surface area contributed by atoms with Crippen molar-refractivity contribution in [3.05, 3.63) is 69.4 Å². The third-order valence-corrected chi connectivity index (χ3v) is 7.54. The molecule has 2 aliphatic rings. The number of benzene rings is 2. The maximum atomic E-state index is 13.4. The third kappa shape index (κ3) is 5.51. The fourth-order valence-corrected chi connectivity index (χ4v) is 5.39. The number of para-hydroxylation sites is 1. The molecule has 38 heavy (non-hydrogen) atoms. The molecule has 1 heterocycles. The van der Waals surface area contributed by atoms with E-state index >= 15 is 0 Å². The second-order valence-corrected chi connectivity index (χ2v) is 10.8. The Kier molecular flexibility index (Phi) is 7.35. The Morgan fingerprint density at radius 3 is 2.37 bits per heavy atom. The van der Waals surface area contributed by atoms with Gasteiger partial charge in [-0.25, -0.2) is 9.59 Å². The first-order valence-electron chi connectivity index (χ1n) is 13.5. The quantitative estimate of drug-likeness (QED) is 0.429. The molecule has 2 atom stereocenters. The normalized spacial score (nSPS) is 19.3. The second-order valence-electron chi connectivity index (χ2n) is 10.8. The van der Waals surface area contributed by atoms with E-state index < -0.39 is 5.92 Å². The van der Waals surface area contributed by atoms with Gasteiger partial charge in [0.05, 0.1) is 16.8 Å². The summed E-state index contributed by atoms with van der Waals surface area (Å²) in [7, 11) is 0. The molecule has 9 nitrogen and oxygen atoms in total. The van der Waals surface area contributed by atoms with Gasteiger partial charge in [0.25, 0.3) is 5.56 Å². The summed E-state index contributed by atoms with van der Waals surface area (Å²) < 4.78 is 3.00. The Hall–Kier alpha value is -3.88. The zero-order valence-corrected chi connectivity index (χ0v) is 21.9. The molecule has 2 aliphatic carbocycles. The standard InChI is InChI=1S/C29H35N5O4/c1-18(2)34-25-15-14-21(16-23(25)27(36)33(29(34)38)17-19-12-13-19)30-26(35)22-10-6-7-11-24(22)32-28(37)31-20-8-4-3-5-9-20/h3-5,8-9,14-16,18-19,22,24H,6-7,10-13,17H2,1-2H3,(H,30,35)(H2,31,32,37). The average molecular weight is 518 g/mol. The molecule has 0 saturated heterocycles. The van der Waals surface area contributed by atoms with Gasteiger partial charge in [0.2, 0.25) is 5.91 Å². The average Bonchev–Trinajstić information content (AvgIpc) is 3.72. The first-order chi connectivity index (χ1) is 18.3. The van der Waals surface area contributed by atoms with Crippen molar-refractivity contribution in [1.29, 1.82) is 0 Å². The van der Waals surface area contributed by atoms with Gasteiger partial charge in [0.1, 0.15) is 0 Å². The smallest absolute Gasteiger partial charge is 0.331 e. The highest BCUT2D eigenvalue weighted by Crippen LogP contribution is 2.30. The topological polar surface area (TPSA) is 114 Å². The van der Waals surface area contributed by atoms with Crippen molar-refractivity contribution in [3.63, 3.8) is 0 Å². The van der Waals surface area contributed by atoms with E-state index in [0.29, 0.717) is 47.6 Å². The summed E-state index contributed by atoms with van der Waals surface area (Å²) in [6.07, 6.45) is 5.27. The van der Waals surface area contributed by atoms with Crippen LogP contribution in [0.15, 0.2) is 58.1 Å². The van der Waals surface area contributed by atoms with Crippen molar-refractivity contribution < 1.29 is 9.59 Å². The molecule has 0 bridgehead atoms. The minimum atomic E-state index is -0.392. The molecule has 5 rings (SSSR count). The van der Waals surface area contributed by atoms with E-state index in [1.54, 1.807) is 22.8 Å². The largest absolute Gasteiger partial charge is 0.334 e. The Labute approximate surface area is 221 Å². The van der Waals surface area contributed by atoms with Crippen molar-refractivity contribution in [1.82, 2.24) is 14.5 Å². The van der Waals surface area contributed by atoms with E-state index in [0.717, 1.165) is 25.7 Å². The van der Waals surface area contributed by atoms with Crippen LogP contribution in [0.25, 0.3) is 10.9 Å². The number of carbonyl (C=O) groups is 2. The lowest BCUT2D eigenvalue weighted by atomic mass is 9.84. The molecule has 2 saturated carbocycles. The fraction of sp³-hybridized carbons (Fsp3) is 0.448. The van der Waals surface area contributed by atoms with Gasteiger partial charge in [-0.3, -0.25) is 18.7 Å². The van der Waals surface area contributed by atoms with Crippen LogP contribution in [0.3, 0.4) is 0 Å². The van der Waals surface area contributed by atoms with Crippen molar-refractivity contribution in [3.8, 4) is 0 Å².